The normalized spacial score (nSPS) is 11.2. The van der Waals surface area contributed by atoms with Crippen molar-refractivity contribution in [1.29, 1.82) is 0 Å². The Kier molecular flexibility index (Phi) is 7.07. The van der Waals surface area contributed by atoms with Crippen molar-refractivity contribution in [1.82, 2.24) is 0 Å². The Bertz CT molecular complexity index is 806. The van der Waals surface area contributed by atoms with E-state index < -0.39 is 11.7 Å². The number of ether oxygens (including phenoxy) is 2. The van der Waals surface area contributed by atoms with Gasteiger partial charge in [-0.05, 0) is 54.4 Å². The van der Waals surface area contributed by atoms with Gasteiger partial charge in [-0.15, -0.1) is 0 Å². The molecule has 0 fully saturated rings. The smallest absolute Gasteiger partial charge is 0.419 e. The predicted molar refractivity (Wildman–Crippen MR) is 104 cm³/mol. The van der Waals surface area contributed by atoms with Crippen LogP contribution in [0.15, 0.2) is 36.4 Å². The second-order valence-electron chi connectivity index (χ2n) is 5.88. The van der Waals surface area contributed by atoms with Crippen molar-refractivity contribution < 1.29 is 22.6 Å². The average Bonchev–Trinajstić information content (AvgIpc) is 2.65. The maximum Gasteiger partial charge on any atom is 0.419 e. The zero-order chi connectivity index (χ0) is 20.0. The van der Waals surface area contributed by atoms with Crippen molar-refractivity contribution in [2.24, 2.45) is 0 Å². The number of hydrogen-bond acceptors (Lipinski definition) is 3. The molecule has 0 radical (unpaired) electrons. The molecule has 0 atom stereocenters. The van der Waals surface area contributed by atoms with Gasteiger partial charge in [0.15, 0.2) is 0 Å². The summed E-state index contributed by atoms with van der Waals surface area (Å²) in [6.07, 6.45) is -3.26. The molecule has 0 aliphatic heterocycles. The summed E-state index contributed by atoms with van der Waals surface area (Å²) in [5.74, 6) is -0.189. The van der Waals surface area contributed by atoms with Gasteiger partial charge in [0, 0.05) is 11.3 Å². The second-order valence-corrected chi connectivity index (χ2v) is 6.25. The van der Waals surface area contributed by atoms with Gasteiger partial charge in [-0.3, -0.25) is 0 Å². The van der Waals surface area contributed by atoms with Crippen LogP contribution in [0.3, 0.4) is 0 Å². The van der Waals surface area contributed by atoms with Crippen LogP contribution in [0.2, 0.25) is 0 Å². The molecule has 0 aliphatic rings. The summed E-state index contributed by atoms with van der Waals surface area (Å²) in [5, 5.41) is 3.12. The highest BCUT2D eigenvalue weighted by molar-refractivity contribution is 7.80. The monoisotopic (exact) mass is 397 g/mol. The number of benzene rings is 2. The van der Waals surface area contributed by atoms with Crippen molar-refractivity contribution in [3.05, 3.63) is 58.7 Å². The molecule has 2 rings (SSSR count). The van der Waals surface area contributed by atoms with E-state index in [9.17, 15) is 13.2 Å². The highest BCUT2D eigenvalue weighted by Gasteiger charge is 2.34. The maximum absolute atomic E-state index is 13.4. The third kappa shape index (κ3) is 5.35. The molecule has 2 aromatic rings. The summed E-state index contributed by atoms with van der Waals surface area (Å²) in [7, 11) is 1.44. The molecule has 2 aromatic carbocycles. The molecule has 0 bridgehead atoms. The lowest BCUT2D eigenvalue weighted by molar-refractivity contribution is -0.139. The van der Waals surface area contributed by atoms with Crippen molar-refractivity contribution >= 4 is 23.1 Å². The van der Waals surface area contributed by atoms with E-state index in [-0.39, 0.29) is 17.5 Å². The molecule has 0 saturated heterocycles. The number of alkyl halides is 3. The van der Waals surface area contributed by atoms with Gasteiger partial charge in [-0.1, -0.05) is 32.0 Å². The number of hydrogen-bond donors (Lipinski definition) is 1. The first-order valence-corrected chi connectivity index (χ1v) is 8.99. The van der Waals surface area contributed by atoms with Crippen LogP contribution in [0.25, 0.3) is 0 Å². The van der Waals surface area contributed by atoms with E-state index in [1.807, 2.05) is 26.0 Å². The topological polar surface area (TPSA) is 30.5 Å². The summed E-state index contributed by atoms with van der Waals surface area (Å²) in [6.45, 7) is 3.76. The van der Waals surface area contributed by atoms with Gasteiger partial charge >= 0.3 is 6.18 Å². The van der Waals surface area contributed by atoms with E-state index in [0.29, 0.717) is 24.1 Å². The lowest BCUT2D eigenvalue weighted by Crippen LogP contribution is -2.15. The highest BCUT2D eigenvalue weighted by Crippen LogP contribution is 2.37. The van der Waals surface area contributed by atoms with Gasteiger partial charge in [0.25, 0.3) is 5.17 Å². The van der Waals surface area contributed by atoms with Crippen LogP contribution < -0.4 is 10.1 Å². The molecule has 0 spiro atoms. The lowest BCUT2D eigenvalue weighted by Gasteiger charge is -2.19. The van der Waals surface area contributed by atoms with Crippen LogP contribution in [0.5, 0.6) is 5.75 Å². The molecular formula is C20H22F3NO2S. The van der Waals surface area contributed by atoms with Gasteiger partial charge in [0.1, 0.15) is 12.4 Å². The minimum Gasteiger partial charge on any atom is -0.488 e. The van der Waals surface area contributed by atoms with Gasteiger partial charge in [-0.2, -0.15) is 13.2 Å². The molecule has 27 heavy (non-hydrogen) atoms. The number of halogens is 3. The molecule has 7 heteroatoms. The predicted octanol–water partition coefficient (Wildman–Crippen LogP) is 5.75. The van der Waals surface area contributed by atoms with Gasteiger partial charge in [0.2, 0.25) is 0 Å². The summed E-state index contributed by atoms with van der Waals surface area (Å²) in [5.41, 5.74) is 2.19. The van der Waals surface area contributed by atoms with E-state index in [4.69, 9.17) is 21.7 Å². The number of aryl methyl sites for hydroxylation is 2. The van der Waals surface area contributed by atoms with Gasteiger partial charge in [0.05, 0.1) is 12.7 Å². The van der Waals surface area contributed by atoms with Crippen molar-refractivity contribution in [3.63, 3.8) is 0 Å². The van der Waals surface area contributed by atoms with Crippen molar-refractivity contribution in [2.75, 3.05) is 12.4 Å². The largest absolute Gasteiger partial charge is 0.488 e. The number of thiocarbonyl (C=S) groups is 1. The van der Waals surface area contributed by atoms with Crippen LogP contribution in [0.4, 0.5) is 18.9 Å². The summed E-state index contributed by atoms with van der Waals surface area (Å²) in [4.78, 5) is 0. The Hall–Kier alpha value is -2.28. The standard InChI is InChI=1S/C20H22F3NO2S/c1-4-13-9-10-18(16(11-13)20(21,22)23)26-12-15-14(5-2)7-6-8-17(15)24-19(27)25-3/h6-11H,4-5,12H2,1-3H3,(H,24,27). The van der Waals surface area contributed by atoms with E-state index >= 15 is 0 Å². The third-order valence-electron chi connectivity index (χ3n) is 4.21. The number of methoxy groups -OCH3 is 1. The molecule has 0 heterocycles. The second kappa shape index (κ2) is 9.08. The van der Waals surface area contributed by atoms with Gasteiger partial charge in [-0.25, -0.2) is 0 Å². The fourth-order valence-corrected chi connectivity index (χ4v) is 2.82. The molecular weight excluding hydrogens is 375 g/mol. The lowest BCUT2D eigenvalue weighted by atomic mass is 10.0. The number of anilines is 1. The summed E-state index contributed by atoms with van der Waals surface area (Å²) >= 11 is 5.03. The van der Waals surface area contributed by atoms with Crippen LogP contribution in [0.1, 0.15) is 36.1 Å². The Morgan fingerprint density at radius 3 is 2.44 bits per heavy atom. The van der Waals surface area contributed by atoms with E-state index in [1.165, 1.54) is 13.2 Å². The van der Waals surface area contributed by atoms with Crippen molar-refractivity contribution in [2.45, 2.75) is 39.5 Å². The van der Waals surface area contributed by atoms with E-state index in [1.54, 1.807) is 12.1 Å². The van der Waals surface area contributed by atoms with Crippen molar-refractivity contribution in [3.8, 4) is 5.75 Å². The highest BCUT2D eigenvalue weighted by atomic mass is 32.1. The van der Waals surface area contributed by atoms with E-state index in [0.717, 1.165) is 17.2 Å². The van der Waals surface area contributed by atoms with Gasteiger partial charge < -0.3 is 14.8 Å². The maximum atomic E-state index is 13.4. The molecule has 0 amide bonds. The third-order valence-corrected chi connectivity index (χ3v) is 4.47. The van der Waals surface area contributed by atoms with Crippen LogP contribution in [0, 0.1) is 0 Å². The molecule has 0 aromatic heterocycles. The molecule has 0 saturated carbocycles. The fourth-order valence-electron chi connectivity index (χ4n) is 2.71. The molecule has 3 nitrogen and oxygen atoms in total. The van der Waals surface area contributed by atoms with E-state index in [2.05, 4.69) is 5.32 Å². The minimum atomic E-state index is -4.48. The zero-order valence-corrected chi connectivity index (χ0v) is 16.3. The molecule has 0 unspecified atom stereocenters. The fraction of sp³-hybridized carbons (Fsp3) is 0.350. The SMILES string of the molecule is CCc1ccc(OCc2c(CC)cccc2NC(=S)OC)c(C(F)(F)F)c1. The molecule has 1 N–H and O–H groups in total. The number of rotatable bonds is 6. The summed E-state index contributed by atoms with van der Waals surface area (Å²) < 4.78 is 50.8. The first kappa shape index (κ1) is 21.0. The first-order valence-electron chi connectivity index (χ1n) is 8.58. The first-order chi connectivity index (χ1) is 12.8. The average molecular weight is 397 g/mol. The Balaban J connectivity index is 2.35. The number of nitrogens with one attached hydrogen (secondary N) is 1. The Morgan fingerprint density at radius 1 is 1.11 bits per heavy atom. The zero-order valence-electron chi connectivity index (χ0n) is 15.4. The Labute approximate surface area is 162 Å². The molecule has 146 valence electrons. The quantitative estimate of drug-likeness (QED) is 0.629. The minimum absolute atomic E-state index is 0.0206. The Morgan fingerprint density at radius 2 is 1.85 bits per heavy atom. The molecule has 0 aliphatic carbocycles. The van der Waals surface area contributed by atoms with Crippen LogP contribution >= 0.6 is 12.2 Å². The van der Waals surface area contributed by atoms with Crippen LogP contribution in [-0.4, -0.2) is 12.3 Å². The summed E-state index contributed by atoms with van der Waals surface area (Å²) in [6, 6.07) is 9.71. The van der Waals surface area contributed by atoms with Crippen LogP contribution in [-0.2, 0) is 30.4 Å².